The van der Waals surface area contributed by atoms with Crippen molar-refractivity contribution in [3.63, 3.8) is 0 Å². The van der Waals surface area contributed by atoms with E-state index in [1.165, 1.54) is 0 Å². The number of amides is 2. The first-order chi connectivity index (χ1) is 16.5. The first kappa shape index (κ1) is 21.8. The van der Waals surface area contributed by atoms with Gasteiger partial charge in [-0.1, -0.05) is 30.3 Å². The topological polar surface area (TPSA) is 66.4 Å². The van der Waals surface area contributed by atoms with Crippen LogP contribution in [0.1, 0.15) is 18.1 Å². The fraction of sp³-hybridized carbons (Fsp3) is 0.259. The Bertz CT molecular complexity index is 1260. The van der Waals surface area contributed by atoms with Gasteiger partial charge in [-0.2, -0.15) is 0 Å². The lowest BCUT2D eigenvalue weighted by Gasteiger charge is -2.41. The van der Waals surface area contributed by atoms with Gasteiger partial charge in [0, 0.05) is 25.7 Å². The number of carbonyl (C=O) groups is 1. The number of aryl methyl sites for hydroxylation is 1. The number of fused-ring (bicyclic) bond motifs is 2. The van der Waals surface area contributed by atoms with E-state index in [9.17, 15) is 4.79 Å². The van der Waals surface area contributed by atoms with Crippen LogP contribution in [-0.4, -0.2) is 54.5 Å². The summed E-state index contributed by atoms with van der Waals surface area (Å²) in [7, 11) is 1.60. The molecule has 1 atom stereocenters. The van der Waals surface area contributed by atoms with E-state index < -0.39 is 0 Å². The van der Waals surface area contributed by atoms with E-state index in [2.05, 4.69) is 17.1 Å². The van der Waals surface area contributed by atoms with Crippen molar-refractivity contribution in [3.8, 4) is 17.2 Å². The number of hydrogen-bond acceptors (Lipinski definition) is 5. The van der Waals surface area contributed by atoms with Gasteiger partial charge in [0.1, 0.15) is 23.0 Å². The van der Waals surface area contributed by atoms with Gasteiger partial charge in [-0.05, 0) is 55.8 Å². The molecule has 0 bridgehead atoms. The normalized spacial score (nSPS) is 17.0. The minimum Gasteiger partial charge on any atom is -0.495 e. The molecule has 3 aromatic rings. The number of anilines is 1. The third-order valence-electron chi connectivity index (χ3n) is 6.23. The lowest BCUT2D eigenvalue weighted by molar-refractivity contribution is 0.144. The molecule has 7 nitrogen and oxygen atoms in total. The molecule has 0 aromatic heterocycles. The quantitative estimate of drug-likeness (QED) is 0.559. The van der Waals surface area contributed by atoms with Crippen LogP contribution in [0.25, 0.3) is 0 Å². The maximum Gasteiger partial charge on any atom is 0.322 e. The highest BCUT2D eigenvalue weighted by molar-refractivity contribution is 6.04. The van der Waals surface area contributed by atoms with E-state index in [0.717, 1.165) is 34.1 Å². The van der Waals surface area contributed by atoms with Crippen LogP contribution >= 0.6 is 0 Å². The van der Waals surface area contributed by atoms with Crippen LogP contribution < -0.4 is 14.8 Å². The van der Waals surface area contributed by atoms with Gasteiger partial charge in [0.05, 0.1) is 18.4 Å². The molecule has 2 amide bonds. The average molecular weight is 457 g/mol. The van der Waals surface area contributed by atoms with Gasteiger partial charge >= 0.3 is 6.03 Å². The number of hydrogen-bond donors (Lipinski definition) is 1. The molecule has 5 rings (SSSR count). The minimum absolute atomic E-state index is 0.0139. The zero-order valence-corrected chi connectivity index (χ0v) is 19.6. The van der Waals surface area contributed by atoms with Gasteiger partial charge < -0.3 is 24.6 Å². The van der Waals surface area contributed by atoms with Crippen LogP contribution in [0, 0.1) is 6.92 Å². The number of ether oxygens (including phenoxy) is 2. The van der Waals surface area contributed by atoms with Crippen LogP contribution in [0.5, 0.6) is 17.2 Å². The Morgan fingerprint density at radius 3 is 2.68 bits per heavy atom. The molecule has 174 valence electrons. The second-order valence-corrected chi connectivity index (χ2v) is 8.62. The molecule has 7 heteroatoms. The third-order valence-corrected chi connectivity index (χ3v) is 6.23. The Kier molecular flexibility index (Phi) is 5.84. The van der Waals surface area contributed by atoms with E-state index in [1.54, 1.807) is 7.11 Å². The van der Waals surface area contributed by atoms with Gasteiger partial charge in [0.2, 0.25) is 0 Å². The van der Waals surface area contributed by atoms with Crippen molar-refractivity contribution < 1.29 is 14.3 Å². The first-order valence-corrected chi connectivity index (χ1v) is 11.5. The summed E-state index contributed by atoms with van der Waals surface area (Å²) in [6.45, 7) is 6.00. The van der Waals surface area contributed by atoms with Crippen LogP contribution in [0.15, 0.2) is 71.7 Å². The molecule has 0 aliphatic carbocycles. The van der Waals surface area contributed by atoms with Crippen molar-refractivity contribution in [3.05, 3.63) is 77.9 Å². The lowest BCUT2D eigenvalue weighted by atomic mass is 10.1. The largest absolute Gasteiger partial charge is 0.495 e. The molecule has 0 spiro atoms. The summed E-state index contributed by atoms with van der Waals surface area (Å²) >= 11 is 0. The van der Waals surface area contributed by atoms with Crippen LogP contribution in [0.4, 0.5) is 16.2 Å². The van der Waals surface area contributed by atoms with Gasteiger partial charge in [-0.15, -0.1) is 0 Å². The van der Waals surface area contributed by atoms with E-state index in [1.807, 2.05) is 78.6 Å². The molecule has 2 aliphatic heterocycles. The molecule has 1 saturated heterocycles. The Labute approximate surface area is 199 Å². The summed E-state index contributed by atoms with van der Waals surface area (Å²) in [5.41, 5.74) is 3.55. The zero-order chi connectivity index (χ0) is 23.7. The van der Waals surface area contributed by atoms with Crippen LogP contribution in [0.3, 0.4) is 0 Å². The summed E-state index contributed by atoms with van der Waals surface area (Å²) in [4.78, 5) is 22.2. The van der Waals surface area contributed by atoms with E-state index >= 15 is 0 Å². The number of amidine groups is 1. The Morgan fingerprint density at radius 2 is 1.85 bits per heavy atom. The second kappa shape index (κ2) is 9.09. The van der Waals surface area contributed by atoms with Crippen molar-refractivity contribution in [2.45, 2.75) is 19.9 Å². The van der Waals surface area contributed by atoms with Gasteiger partial charge in [0.25, 0.3) is 0 Å². The maximum absolute atomic E-state index is 13.1. The molecule has 0 saturated carbocycles. The van der Waals surface area contributed by atoms with Crippen LogP contribution in [-0.2, 0) is 0 Å². The summed E-state index contributed by atoms with van der Waals surface area (Å²) in [6.07, 6.45) is 0. The Morgan fingerprint density at radius 1 is 1.06 bits per heavy atom. The van der Waals surface area contributed by atoms with Gasteiger partial charge in [-0.25, -0.2) is 9.79 Å². The third kappa shape index (κ3) is 4.17. The molecular formula is C27H28N4O3. The minimum atomic E-state index is -0.135. The number of para-hydroxylation sites is 3. The number of benzene rings is 3. The SMILES string of the molecule is COc1ccccc1NC(=O)N1CCN(C2=Nc3ccc(C)cc3Oc3ccccc32)CC1C. The predicted octanol–water partition coefficient (Wildman–Crippen LogP) is 5.43. The number of carbonyl (C=O) groups excluding carboxylic acids is 1. The van der Waals surface area contributed by atoms with Crippen LogP contribution in [0.2, 0.25) is 0 Å². The molecule has 2 aliphatic rings. The highest BCUT2D eigenvalue weighted by Gasteiger charge is 2.31. The molecule has 34 heavy (non-hydrogen) atoms. The second-order valence-electron chi connectivity index (χ2n) is 8.62. The molecule has 1 N–H and O–H groups in total. The smallest absolute Gasteiger partial charge is 0.322 e. The first-order valence-electron chi connectivity index (χ1n) is 11.5. The molecular weight excluding hydrogens is 428 g/mol. The summed E-state index contributed by atoms with van der Waals surface area (Å²) in [5, 5.41) is 2.99. The number of nitrogens with zero attached hydrogens (tertiary/aromatic N) is 3. The van der Waals surface area contributed by atoms with Crippen molar-refractivity contribution in [1.82, 2.24) is 9.80 Å². The standard InChI is InChI=1S/C27H28N4O3/c1-18-12-13-22-25(16-18)34-23-10-6-4-8-20(23)26(28-22)30-14-15-31(19(2)17-30)27(32)29-21-9-5-7-11-24(21)33-3/h4-13,16,19H,14-15,17H2,1-3H3,(H,29,32). The monoisotopic (exact) mass is 456 g/mol. The van der Waals surface area contributed by atoms with Crippen molar-refractivity contribution >= 4 is 23.2 Å². The fourth-order valence-electron chi connectivity index (χ4n) is 4.46. The summed E-state index contributed by atoms with van der Waals surface area (Å²) < 4.78 is 11.6. The van der Waals surface area contributed by atoms with E-state index in [-0.39, 0.29) is 12.1 Å². The zero-order valence-electron chi connectivity index (χ0n) is 19.6. The Hall–Kier alpha value is -4.00. The summed E-state index contributed by atoms with van der Waals surface area (Å²) in [6, 6.07) is 21.3. The summed E-state index contributed by atoms with van der Waals surface area (Å²) in [5.74, 6) is 3.05. The highest BCUT2D eigenvalue weighted by atomic mass is 16.5. The van der Waals surface area contributed by atoms with Crippen molar-refractivity contribution in [2.75, 3.05) is 32.1 Å². The predicted molar refractivity (Wildman–Crippen MR) is 134 cm³/mol. The average Bonchev–Trinajstić information content (AvgIpc) is 3.00. The van der Waals surface area contributed by atoms with Gasteiger partial charge in [0.15, 0.2) is 5.75 Å². The number of urea groups is 1. The Balaban J connectivity index is 1.38. The van der Waals surface area contributed by atoms with Gasteiger partial charge in [-0.3, -0.25) is 0 Å². The fourth-order valence-corrected chi connectivity index (χ4v) is 4.46. The number of aliphatic imine (C=N–C) groups is 1. The van der Waals surface area contributed by atoms with Crippen molar-refractivity contribution in [1.29, 1.82) is 0 Å². The number of piperazine rings is 1. The molecule has 0 radical (unpaired) electrons. The van der Waals surface area contributed by atoms with E-state index in [0.29, 0.717) is 31.1 Å². The van der Waals surface area contributed by atoms with E-state index in [4.69, 9.17) is 14.5 Å². The number of nitrogens with one attached hydrogen (secondary N) is 1. The molecule has 2 heterocycles. The number of methoxy groups -OCH3 is 1. The van der Waals surface area contributed by atoms with Crippen molar-refractivity contribution in [2.24, 2.45) is 4.99 Å². The molecule has 1 unspecified atom stereocenters. The molecule has 1 fully saturated rings. The highest BCUT2D eigenvalue weighted by Crippen LogP contribution is 2.39. The maximum atomic E-state index is 13.1. The lowest BCUT2D eigenvalue weighted by Crippen LogP contribution is -2.56. The number of rotatable bonds is 2. The molecule has 3 aromatic carbocycles.